The standard InChI is InChI=1S/C15H12F2N4OS/c1-8-11(12(13(16)17)21-20-8)19-14(22)10-7-23-15(18-10)9-5-3-2-4-6-9/h2-7,13H,1H3,(H,19,22)(H,20,21). The number of aromatic nitrogens is 3. The number of H-pyrrole nitrogens is 1. The number of rotatable bonds is 4. The fourth-order valence-corrected chi connectivity index (χ4v) is 2.84. The third-order valence-corrected chi connectivity index (χ3v) is 4.07. The van der Waals surface area contributed by atoms with Crippen LogP contribution in [0.5, 0.6) is 0 Å². The van der Waals surface area contributed by atoms with Crippen molar-refractivity contribution < 1.29 is 13.6 Å². The molecule has 0 bridgehead atoms. The van der Waals surface area contributed by atoms with E-state index >= 15 is 0 Å². The first-order chi connectivity index (χ1) is 11.1. The number of carbonyl (C=O) groups excluding carboxylic acids is 1. The largest absolute Gasteiger partial charge is 0.317 e. The SMILES string of the molecule is Cc1[nH]nc(C(F)F)c1NC(=O)c1csc(-c2ccccc2)n1. The Bertz CT molecular complexity index is 829. The van der Waals surface area contributed by atoms with Gasteiger partial charge in [0.15, 0.2) is 5.69 Å². The molecule has 2 aromatic heterocycles. The Morgan fingerprint density at radius 2 is 2.04 bits per heavy atom. The number of aromatic amines is 1. The van der Waals surface area contributed by atoms with Crippen molar-refractivity contribution in [1.82, 2.24) is 15.2 Å². The lowest BCUT2D eigenvalue weighted by atomic mass is 10.2. The predicted octanol–water partition coefficient (Wildman–Crippen LogP) is 4.03. The summed E-state index contributed by atoms with van der Waals surface area (Å²) in [5.41, 5.74) is 0.958. The molecule has 0 saturated heterocycles. The van der Waals surface area contributed by atoms with Gasteiger partial charge in [-0.15, -0.1) is 11.3 Å². The zero-order valence-electron chi connectivity index (χ0n) is 12.0. The van der Waals surface area contributed by atoms with Gasteiger partial charge >= 0.3 is 0 Å². The smallest absolute Gasteiger partial charge is 0.284 e. The van der Waals surface area contributed by atoms with Crippen LogP contribution in [0.2, 0.25) is 0 Å². The minimum atomic E-state index is -2.77. The maximum absolute atomic E-state index is 12.9. The van der Waals surface area contributed by atoms with Crippen molar-refractivity contribution in [3.8, 4) is 10.6 Å². The first kappa shape index (κ1) is 15.3. The highest BCUT2D eigenvalue weighted by Gasteiger charge is 2.22. The van der Waals surface area contributed by atoms with E-state index in [0.29, 0.717) is 10.7 Å². The molecular formula is C15H12F2N4OS. The van der Waals surface area contributed by atoms with Crippen molar-refractivity contribution in [3.05, 3.63) is 52.8 Å². The molecule has 2 heterocycles. The van der Waals surface area contributed by atoms with Gasteiger partial charge in [0.1, 0.15) is 10.7 Å². The van der Waals surface area contributed by atoms with Gasteiger partial charge in [-0.3, -0.25) is 9.89 Å². The first-order valence-corrected chi connectivity index (χ1v) is 7.59. The van der Waals surface area contributed by atoms with Gasteiger partial charge < -0.3 is 5.32 Å². The second-order valence-electron chi connectivity index (χ2n) is 4.77. The van der Waals surface area contributed by atoms with Crippen LogP contribution in [0.15, 0.2) is 35.7 Å². The van der Waals surface area contributed by atoms with E-state index in [-0.39, 0.29) is 11.4 Å². The Labute approximate surface area is 134 Å². The molecule has 0 radical (unpaired) electrons. The lowest BCUT2D eigenvalue weighted by molar-refractivity contribution is 0.102. The summed E-state index contributed by atoms with van der Waals surface area (Å²) in [5.74, 6) is -0.546. The number of nitrogens with one attached hydrogen (secondary N) is 2. The molecule has 0 aliphatic heterocycles. The number of carbonyl (C=O) groups is 1. The van der Waals surface area contributed by atoms with Crippen LogP contribution >= 0.6 is 11.3 Å². The molecule has 0 unspecified atom stereocenters. The molecule has 0 atom stereocenters. The number of hydrogen-bond acceptors (Lipinski definition) is 4. The van der Waals surface area contributed by atoms with E-state index in [1.54, 1.807) is 12.3 Å². The number of amides is 1. The van der Waals surface area contributed by atoms with Crippen LogP contribution in [0.3, 0.4) is 0 Å². The summed E-state index contributed by atoms with van der Waals surface area (Å²) in [6.07, 6.45) is -2.77. The van der Waals surface area contributed by atoms with Crippen molar-refractivity contribution in [2.75, 3.05) is 5.32 Å². The van der Waals surface area contributed by atoms with Crippen molar-refractivity contribution in [2.24, 2.45) is 0 Å². The molecular weight excluding hydrogens is 322 g/mol. The number of alkyl halides is 2. The predicted molar refractivity (Wildman–Crippen MR) is 83.8 cm³/mol. The molecule has 0 aliphatic carbocycles. The van der Waals surface area contributed by atoms with Crippen LogP contribution in [0.4, 0.5) is 14.5 Å². The summed E-state index contributed by atoms with van der Waals surface area (Å²) in [6.45, 7) is 1.56. The lowest BCUT2D eigenvalue weighted by Gasteiger charge is -2.04. The molecule has 0 spiro atoms. The first-order valence-electron chi connectivity index (χ1n) is 6.71. The molecule has 3 rings (SSSR count). The van der Waals surface area contributed by atoms with Crippen molar-refractivity contribution in [2.45, 2.75) is 13.3 Å². The number of halogens is 2. The number of anilines is 1. The van der Waals surface area contributed by atoms with E-state index in [1.807, 2.05) is 30.3 Å². The van der Waals surface area contributed by atoms with E-state index in [0.717, 1.165) is 5.56 Å². The summed E-state index contributed by atoms with van der Waals surface area (Å²) in [7, 11) is 0. The Balaban J connectivity index is 1.83. The van der Waals surface area contributed by atoms with E-state index in [1.165, 1.54) is 11.3 Å². The van der Waals surface area contributed by atoms with E-state index in [2.05, 4.69) is 20.5 Å². The molecule has 5 nitrogen and oxygen atoms in total. The fourth-order valence-electron chi connectivity index (χ4n) is 2.03. The number of hydrogen-bond donors (Lipinski definition) is 2. The molecule has 1 amide bonds. The maximum atomic E-state index is 12.9. The molecule has 0 fully saturated rings. The van der Waals surface area contributed by atoms with Crippen molar-refractivity contribution in [1.29, 1.82) is 0 Å². The average Bonchev–Trinajstić information content (AvgIpc) is 3.16. The topological polar surface area (TPSA) is 70.7 Å². The Hall–Kier alpha value is -2.61. The van der Waals surface area contributed by atoms with Gasteiger partial charge in [0.2, 0.25) is 0 Å². The number of benzene rings is 1. The second kappa shape index (κ2) is 6.25. The number of nitrogens with zero attached hydrogens (tertiary/aromatic N) is 2. The highest BCUT2D eigenvalue weighted by molar-refractivity contribution is 7.13. The van der Waals surface area contributed by atoms with E-state index in [4.69, 9.17) is 0 Å². The zero-order valence-corrected chi connectivity index (χ0v) is 12.8. The van der Waals surface area contributed by atoms with E-state index < -0.39 is 18.0 Å². The summed E-state index contributed by atoms with van der Waals surface area (Å²) >= 11 is 1.31. The normalized spacial score (nSPS) is 11.0. The Morgan fingerprint density at radius 1 is 1.30 bits per heavy atom. The maximum Gasteiger partial charge on any atom is 0.284 e. The van der Waals surface area contributed by atoms with Gasteiger partial charge in [0.25, 0.3) is 12.3 Å². The molecule has 2 N–H and O–H groups in total. The minimum absolute atomic E-state index is 0.000684. The third-order valence-electron chi connectivity index (χ3n) is 3.18. The monoisotopic (exact) mass is 334 g/mol. The number of thiazole rings is 1. The van der Waals surface area contributed by atoms with Crippen molar-refractivity contribution in [3.63, 3.8) is 0 Å². The van der Waals surface area contributed by atoms with Crippen LogP contribution in [-0.2, 0) is 0 Å². The van der Waals surface area contributed by atoms with Crippen LogP contribution < -0.4 is 5.32 Å². The third kappa shape index (κ3) is 3.11. The molecule has 8 heteroatoms. The van der Waals surface area contributed by atoms with Gasteiger partial charge in [0.05, 0.1) is 11.4 Å². The molecule has 0 saturated carbocycles. The highest BCUT2D eigenvalue weighted by Crippen LogP contribution is 2.28. The van der Waals surface area contributed by atoms with Gasteiger partial charge in [0, 0.05) is 10.9 Å². The minimum Gasteiger partial charge on any atom is -0.317 e. The molecule has 0 aliphatic rings. The van der Waals surface area contributed by atoms with Gasteiger partial charge in [-0.1, -0.05) is 30.3 Å². The molecule has 23 heavy (non-hydrogen) atoms. The quantitative estimate of drug-likeness (QED) is 0.757. The highest BCUT2D eigenvalue weighted by atomic mass is 32.1. The van der Waals surface area contributed by atoms with Crippen LogP contribution in [-0.4, -0.2) is 21.1 Å². The summed E-state index contributed by atoms with van der Waals surface area (Å²) in [6, 6.07) is 9.41. The number of aryl methyl sites for hydroxylation is 1. The lowest BCUT2D eigenvalue weighted by Crippen LogP contribution is -2.14. The van der Waals surface area contributed by atoms with Crippen molar-refractivity contribution >= 4 is 22.9 Å². The average molecular weight is 334 g/mol. The van der Waals surface area contributed by atoms with Crippen LogP contribution in [0.1, 0.15) is 28.3 Å². The molecule has 1 aromatic carbocycles. The van der Waals surface area contributed by atoms with Gasteiger partial charge in [-0.25, -0.2) is 13.8 Å². The summed E-state index contributed by atoms with van der Waals surface area (Å²) in [4.78, 5) is 16.5. The zero-order chi connectivity index (χ0) is 16.4. The van der Waals surface area contributed by atoms with Crippen LogP contribution in [0, 0.1) is 6.92 Å². The molecule has 118 valence electrons. The van der Waals surface area contributed by atoms with E-state index in [9.17, 15) is 13.6 Å². The second-order valence-corrected chi connectivity index (χ2v) is 5.63. The van der Waals surface area contributed by atoms with Crippen LogP contribution in [0.25, 0.3) is 10.6 Å². The molecule has 3 aromatic rings. The Morgan fingerprint density at radius 3 is 2.74 bits per heavy atom. The summed E-state index contributed by atoms with van der Waals surface area (Å²) in [5, 5.41) is 10.7. The summed E-state index contributed by atoms with van der Waals surface area (Å²) < 4.78 is 25.7. The Kier molecular flexibility index (Phi) is 4.16. The van der Waals surface area contributed by atoms with Gasteiger partial charge in [-0.05, 0) is 6.92 Å². The fraction of sp³-hybridized carbons (Fsp3) is 0.133. The van der Waals surface area contributed by atoms with Gasteiger partial charge in [-0.2, -0.15) is 5.10 Å².